The molecule has 0 aromatic heterocycles. The molecule has 3 rings (SSSR count). The summed E-state index contributed by atoms with van der Waals surface area (Å²) >= 11 is 0. The number of allylic oxidation sites excluding steroid dienone is 2. The molecule has 0 aliphatic heterocycles. The third kappa shape index (κ3) is 6.56. The van der Waals surface area contributed by atoms with Gasteiger partial charge in [-0.05, 0) is 54.3 Å². The van der Waals surface area contributed by atoms with Gasteiger partial charge in [0.05, 0.1) is 0 Å². The summed E-state index contributed by atoms with van der Waals surface area (Å²) < 4.78 is 11.3. The number of hydrogen-bond acceptors (Lipinski definition) is 3. The van der Waals surface area contributed by atoms with Crippen molar-refractivity contribution in [2.24, 2.45) is 0 Å². The van der Waals surface area contributed by atoms with Crippen LogP contribution in [-0.2, 0) is 22.4 Å². The van der Waals surface area contributed by atoms with Crippen LogP contribution in [0.1, 0.15) is 25.0 Å². The van der Waals surface area contributed by atoms with Gasteiger partial charge in [0.1, 0.15) is 11.5 Å². The molecular weight excluding hydrogens is 388 g/mol. The van der Waals surface area contributed by atoms with Gasteiger partial charge in [-0.2, -0.15) is 0 Å². The highest BCUT2D eigenvalue weighted by Crippen LogP contribution is 2.22. The topological polar surface area (TPSA) is 55.8 Å². The summed E-state index contributed by atoms with van der Waals surface area (Å²) in [6.45, 7) is 4.12. The Balaban J connectivity index is 1.60. The molecule has 0 saturated carbocycles. The summed E-state index contributed by atoms with van der Waals surface area (Å²) in [4.78, 5) is 11.3. The molecule has 0 aliphatic rings. The Morgan fingerprint density at radius 1 is 0.903 bits per heavy atom. The highest BCUT2D eigenvalue weighted by atomic mass is 16.5. The monoisotopic (exact) mass is 416 g/mol. The zero-order valence-corrected chi connectivity index (χ0v) is 18.0. The molecule has 0 spiro atoms. The number of aliphatic carboxylic acids is 1. The van der Waals surface area contributed by atoms with Crippen molar-refractivity contribution in [2.45, 2.75) is 32.8 Å². The van der Waals surface area contributed by atoms with Gasteiger partial charge in [-0.15, -0.1) is 0 Å². The minimum Gasteiger partial charge on any atom is -0.479 e. The van der Waals surface area contributed by atoms with E-state index >= 15 is 0 Å². The number of rotatable bonds is 10. The first-order chi connectivity index (χ1) is 15.1. The lowest BCUT2D eigenvalue weighted by molar-refractivity contribution is -0.149. The summed E-state index contributed by atoms with van der Waals surface area (Å²) in [5.74, 6) is 0.635. The normalized spacial score (nSPS) is 12.4. The third-order valence-electron chi connectivity index (χ3n) is 5.00. The van der Waals surface area contributed by atoms with Gasteiger partial charge in [-0.3, -0.25) is 0 Å². The lowest BCUT2D eigenvalue weighted by atomic mass is 10.0. The average Bonchev–Trinajstić information content (AvgIpc) is 2.80. The van der Waals surface area contributed by atoms with Crippen molar-refractivity contribution in [1.82, 2.24) is 0 Å². The number of ether oxygens (including phenoxy) is 2. The van der Waals surface area contributed by atoms with E-state index in [0.29, 0.717) is 19.4 Å². The first-order valence-electron chi connectivity index (χ1n) is 10.5. The standard InChI is InChI=1S/C27H28O4/c1-3-24(18-20-10-14-23(15-11-20)22-8-6-5-7-9-22)31-25-16-12-21(13-17-25)19-26(27(28)29)30-4-2/h3,5-17,26H,4,18-19H2,1-2H3,(H,28,29). The van der Waals surface area contributed by atoms with Crippen LogP contribution >= 0.6 is 0 Å². The van der Waals surface area contributed by atoms with Crippen LogP contribution in [0.2, 0.25) is 0 Å². The Morgan fingerprint density at radius 3 is 2.10 bits per heavy atom. The molecule has 0 amide bonds. The first kappa shape index (κ1) is 22.3. The van der Waals surface area contributed by atoms with E-state index in [1.807, 2.05) is 55.5 Å². The van der Waals surface area contributed by atoms with Crippen LogP contribution < -0.4 is 4.74 Å². The van der Waals surface area contributed by atoms with Crippen LogP contribution in [0.3, 0.4) is 0 Å². The molecule has 4 nitrogen and oxygen atoms in total. The molecule has 0 fully saturated rings. The summed E-state index contributed by atoms with van der Waals surface area (Å²) in [6, 6.07) is 26.3. The van der Waals surface area contributed by atoms with Crippen molar-refractivity contribution in [3.8, 4) is 16.9 Å². The Morgan fingerprint density at radius 2 is 1.52 bits per heavy atom. The largest absolute Gasteiger partial charge is 0.479 e. The second-order valence-corrected chi connectivity index (χ2v) is 7.23. The van der Waals surface area contributed by atoms with E-state index in [0.717, 1.165) is 17.1 Å². The Hall–Kier alpha value is -3.37. The number of carboxylic acid groups (broad SMARTS) is 1. The van der Waals surface area contributed by atoms with Crippen molar-refractivity contribution < 1.29 is 19.4 Å². The molecule has 0 aliphatic carbocycles. The van der Waals surface area contributed by atoms with Gasteiger partial charge >= 0.3 is 5.97 Å². The first-order valence-corrected chi connectivity index (χ1v) is 10.5. The van der Waals surface area contributed by atoms with Gasteiger partial charge in [0.2, 0.25) is 0 Å². The summed E-state index contributed by atoms with van der Waals surface area (Å²) in [7, 11) is 0. The Kier molecular flexibility index (Phi) is 8.02. The summed E-state index contributed by atoms with van der Waals surface area (Å²) in [5.41, 5.74) is 4.46. The predicted molar refractivity (Wildman–Crippen MR) is 123 cm³/mol. The Labute approximate surface area is 183 Å². The molecule has 31 heavy (non-hydrogen) atoms. The van der Waals surface area contributed by atoms with Crippen LogP contribution in [0.4, 0.5) is 0 Å². The van der Waals surface area contributed by atoms with Gasteiger partial charge < -0.3 is 14.6 Å². The number of benzene rings is 3. The van der Waals surface area contributed by atoms with E-state index in [4.69, 9.17) is 9.47 Å². The summed E-state index contributed by atoms with van der Waals surface area (Å²) in [6.07, 6.45) is 2.16. The SMILES string of the molecule is CC=C(Cc1ccc(-c2ccccc2)cc1)Oc1ccc(CC(OCC)C(=O)O)cc1. The van der Waals surface area contributed by atoms with Gasteiger partial charge in [0, 0.05) is 19.4 Å². The Bertz CT molecular complexity index is 990. The molecule has 3 aromatic carbocycles. The fourth-order valence-electron chi connectivity index (χ4n) is 3.32. The fraction of sp³-hybridized carbons (Fsp3) is 0.222. The van der Waals surface area contributed by atoms with E-state index in [2.05, 4.69) is 36.4 Å². The summed E-state index contributed by atoms with van der Waals surface area (Å²) in [5, 5.41) is 9.24. The molecular formula is C27H28O4. The number of carboxylic acids is 1. The van der Waals surface area contributed by atoms with Crippen LogP contribution in [0.5, 0.6) is 5.75 Å². The molecule has 0 saturated heterocycles. The lowest BCUT2D eigenvalue weighted by Crippen LogP contribution is -2.26. The average molecular weight is 417 g/mol. The van der Waals surface area contributed by atoms with Crippen LogP contribution in [0, 0.1) is 0 Å². The molecule has 0 heterocycles. The zero-order chi connectivity index (χ0) is 22.1. The smallest absolute Gasteiger partial charge is 0.333 e. The molecule has 1 unspecified atom stereocenters. The van der Waals surface area contributed by atoms with Crippen LogP contribution in [0.15, 0.2) is 90.7 Å². The van der Waals surface area contributed by atoms with E-state index in [1.165, 1.54) is 16.7 Å². The molecule has 160 valence electrons. The van der Waals surface area contributed by atoms with Crippen molar-refractivity contribution >= 4 is 5.97 Å². The highest BCUT2D eigenvalue weighted by molar-refractivity contribution is 5.72. The van der Waals surface area contributed by atoms with Crippen LogP contribution in [-0.4, -0.2) is 23.8 Å². The zero-order valence-electron chi connectivity index (χ0n) is 18.0. The van der Waals surface area contributed by atoms with Gasteiger partial charge in [-0.1, -0.05) is 66.7 Å². The molecule has 4 heteroatoms. The number of carbonyl (C=O) groups is 1. The quantitative estimate of drug-likeness (QED) is 0.417. The van der Waals surface area contributed by atoms with E-state index in [1.54, 1.807) is 6.92 Å². The lowest BCUT2D eigenvalue weighted by Gasteiger charge is -2.14. The minimum absolute atomic E-state index is 0.327. The highest BCUT2D eigenvalue weighted by Gasteiger charge is 2.17. The molecule has 1 N–H and O–H groups in total. The third-order valence-corrected chi connectivity index (χ3v) is 5.00. The van der Waals surface area contributed by atoms with Crippen molar-refractivity contribution in [2.75, 3.05) is 6.61 Å². The van der Waals surface area contributed by atoms with Crippen molar-refractivity contribution in [3.05, 3.63) is 102 Å². The second kappa shape index (κ2) is 11.1. The molecule has 3 aromatic rings. The van der Waals surface area contributed by atoms with Crippen molar-refractivity contribution in [3.63, 3.8) is 0 Å². The van der Waals surface area contributed by atoms with Gasteiger partial charge in [-0.25, -0.2) is 4.79 Å². The molecule has 1 atom stereocenters. The van der Waals surface area contributed by atoms with E-state index in [-0.39, 0.29) is 0 Å². The maximum Gasteiger partial charge on any atom is 0.333 e. The molecule has 0 radical (unpaired) electrons. The predicted octanol–water partition coefficient (Wildman–Crippen LogP) is 5.91. The van der Waals surface area contributed by atoms with Crippen LogP contribution in [0.25, 0.3) is 11.1 Å². The number of hydrogen-bond donors (Lipinski definition) is 1. The van der Waals surface area contributed by atoms with Gasteiger partial charge in [0.15, 0.2) is 6.10 Å². The van der Waals surface area contributed by atoms with E-state index in [9.17, 15) is 9.90 Å². The van der Waals surface area contributed by atoms with E-state index < -0.39 is 12.1 Å². The molecule has 0 bridgehead atoms. The second-order valence-electron chi connectivity index (χ2n) is 7.23. The maximum absolute atomic E-state index is 11.3. The fourth-order valence-corrected chi connectivity index (χ4v) is 3.32. The van der Waals surface area contributed by atoms with Crippen molar-refractivity contribution in [1.29, 1.82) is 0 Å². The maximum atomic E-state index is 11.3. The minimum atomic E-state index is -0.948. The van der Waals surface area contributed by atoms with Gasteiger partial charge in [0.25, 0.3) is 0 Å².